The molecule has 0 fully saturated rings. The van der Waals surface area contributed by atoms with Crippen LogP contribution >= 0.6 is 8.16 Å². The van der Waals surface area contributed by atoms with Gasteiger partial charge < -0.3 is 17.9 Å². The Hall–Kier alpha value is -4.70. The average molecular weight is 600 g/mol. The molecule has 44 heavy (non-hydrogen) atoms. The lowest BCUT2D eigenvalue weighted by Crippen LogP contribution is -2.28. The lowest BCUT2D eigenvalue weighted by molar-refractivity contribution is 0.399. The maximum atomic E-state index is 7.08. The molecule has 2 unspecified atom stereocenters. The summed E-state index contributed by atoms with van der Waals surface area (Å²) in [4.78, 5) is 0. The fraction of sp³-hybridized carbons (Fsp3) is 0.158. The highest BCUT2D eigenvalue weighted by atomic mass is 31.1. The van der Waals surface area contributed by atoms with Crippen molar-refractivity contribution in [2.24, 2.45) is 0 Å². The van der Waals surface area contributed by atoms with Gasteiger partial charge in [0.25, 0.3) is 0 Å². The average Bonchev–Trinajstić information content (AvgIpc) is 3.25. The van der Waals surface area contributed by atoms with Crippen LogP contribution in [0.1, 0.15) is 37.1 Å². The van der Waals surface area contributed by atoms with Crippen molar-refractivity contribution in [2.45, 2.75) is 25.9 Å². The number of hydrogen-bond donors (Lipinski definition) is 0. The van der Waals surface area contributed by atoms with Crippen LogP contribution in [0.3, 0.4) is 0 Å². The minimum absolute atomic E-state index is 0.136. The fourth-order valence-electron chi connectivity index (χ4n) is 6.38. The SMILES string of the molecule is COc1ccccc1C(C)N(C(C)c1ccccc1OC)p1oc2ccc3ccccc3c2c2c(ccc3ccccc32)o1. The molecular weight excluding hydrogens is 565 g/mol. The van der Waals surface area contributed by atoms with Gasteiger partial charge in [-0.2, -0.15) is 4.67 Å². The first-order valence-corrected chi connectivity index (χ1v) is 16.0. The Bertz CT molecular complexity index is 2020. The largest absolute Gasteiger partial charge is 0.496 e. The van der Waals surface area contributed by atoms with Crippen molar-refractivity contribution in [3.05, 3.63) is 132 Å². The Morgan fingerprint density at radius 3 is 1.39 bits per heavy atom. The molecule has 0 saturated carbocycles. The van der Waals surface area contributed by atoms with Gasteiger partial charge in [0.05, 0.1) is 14.2 Å². The molecule has 6 heteroatoms. The van der Waals surface area contributed by atoms with Crippen molar-refractivity contribution in [1.29, 1.82) is 0 Å². The first-order chi connectivity index (χ1) is 21.6. The number of nitrogens with zero attached hydrogens (tertiary/aromatic N) is 1. The summed E-state index contributed by atoms with van der Waals surface area (Å²) in [5.41, 5.74) is 3.70. The van der Waals surface area contributed by atoms with Crippen LogP contribution in [-0.4, -0.2) is 14.2 Å². The zero-order chi connectivity index (χ0) is 30.2. The van der Waals surface area contributed by atoms with Gasteiger partial charge in [-0.3, -0.25) is 0 Å². The smallest absolute Gasteiger partial charge is 0.310 e. The van der Waals surface area contributed by atoms with Crippen LogP contribution < -0.4 is 14.1 Å². The van der Waals surface area contributed by atoms with Crippen molar-refractivity contribution < 1.29 is 17.9 Å². The molecule has 6 aromatic carbocycles. The standard InChI is InChI=1S/C38H34NO4P/c1-25(29-15-9-11-19-33(29)40-3)39(26(2)30-16-10-12-20-34(30)41-4)44-42-35-23-21-27-13-5-7-17-31(27)37(35)38-32-18-8-6-14-28(32)22-24-36(38)43-44/h5-26H,1-4H3. The number of rotatable bonds is 7. The quantitative estimate of drug-likeness (QED) is 0.182. The van der Waals surface area contributed by atoms with E-state index in [9.17, 15) is 0 Å². The van der Waals surface area contributed by atoms with Crippen LogP contribution in [-0.2, 0) is 0 Å². The predicted octanol–water partition coefficient (Wildman–Crippen LogP) is 11.1. The molecule has 1 aromatic heterocycles. The highest BCUT2D eigenvalue weighted by Crippen LogP contribution is 2.49. The monoisotopic (exact) mass is 599 g/mol. The molecule has 2 atom stereocenters. The molecule has 0 saturated heterocycles. The topological polar surface area (TPSA) is 48.0 Å². The van der Waals surface area contributed by atoms with E-state index in [0.29, 0.717) is 0 Å². The van der Waals surface area contributed by atoms with Crippen molar-refractivity contribution in [3.8, 4) is 11.5 Å². The second-order valence-corrected chi connectivity index (χ2v) is 12.3. The van der Waals surface area contributed by atoms with Gasteiger partial charge >= 0.3 is 8.16 Å². The summed E-state index contributed by atoms with van der Waals surface area (Å²) >= 11 is 0. The lowest BCUT2D eigenvalue weighted by Gasteiger charge is -2.33. The van der Waals surface area contributed by atoms with Gasteiger partial charge in [-0.25, -0.2) is 0 Å². The van der Waals surface area contributed by atoms with Gasteiger partial charge in [0.1, 0.15) is 22.7 Å². The van der Waals surface area contributed by atoms with Gasteiger partial charge in [-0.15, -0.1) is 0 Å². The molecule has 0 amide bonds. The lowest BCUT2D eigenvalue weighted by atomic mass is 9.99. The molecule has 0 aliphatic rings. The van der Waals surface area contributed by atoms with E-state index in [-0.39, 0.29) is 12.1 Å². The van der Waals surface area contributed by atoms with Gasteiger partial charge in [-0.05, 0) is 59.7 Å². The van der Waals surface area contributed by atoms with Crippen molar-refractivity contribution in [1.82, 2.24) is 0 Å². The molecular formula is C38H34NO4P. The third-order valence-electron chi connectivity index (χ3n) is 8.54. The molecule has 1 heterocycles. The van der Waals surface area contributed by atoms with Gasteiger partial charge in [-0.1, -0.05) is 97.1 Å². The molecule has 0 aliphatic carbocycles. The van der Waals surface area contributed by atoms with E-state index in [1.165, 1.54) is 0 Å². The highest BCUT2D eigenvalue weighted by Gasteiger charge is 2.32. The molecule has 5 nitrogen and oxygen atoms in total. The maximum Gasteiger partial charge on any atom is 0.310 e. The van der Waals surface area contributed by atoms with Crippen LogP contribution in [0.15, 0.2) is 130 Å². The fourth-order valence-corrected chi connectivity index (χ4v) is 8.06. The van der Waals surface area contributed by atoms with E-state index in [4.69, 9.17) is 17.9 Å². The summed E-state index contributed by atoms with van der Waals surface area (Å²) in [7, 11) is 1.74. The maximum absolute atomic E-state index is 7.08. The minimum Gasteiger partial charge on any atom is -0.496 e. The molecule has 0 aliphatic heterocycles. The van der Waals surface area contributed by atoms with E-state index < -0.39 is 8.16 Å². The molecule has 7 aromatic rings. The molecule has 220 valence electrons. The Morgan fingerprint density at radius 1 is 0.523 bits per heavy atom. The summed E-state index contributed by atoms with van der Waals surface area (Å²) in [6, 6.07) is 41.4. The van der Waals surface area contributed by atoms with E-state index in [2.05, 4.69) is 103 Å². The van der Waals surface area contributed by atoms with Crippen LogP contribution in [0.2, 0.25) is 0 Å². The first-order valence-electron chi connectivity index (χ1n) is 14.8. The molecule has 0 spiro atoms. The third-order valence-corrected chi connectivity index (χ3v) is 10.3. The molecule has 0 bridgehead atoms. The van der Waals surface area contributed by atoms with E-state index in [1.54, 1.807) is 14.2 Å². The predicted molar refractivity (Wildman–Crippen MR) is 182 cm³/mol. The summed E-state index contributed by atoms with van der Waals surface area (Å²) < 4.78 is 28.2. The summed E-state index contributed by atoms with van der Waals surface area (Å²) in [6.07, 6.45) is 0. The van der Waals surface area contributed by atoms with Crippen LogP contribution in [0.4, 0.5) is 0 Å². The van der Waals surface area contributed by atoms with E-state index in [1.807, 2.05) is 36.4 Å². The van der Waals surface area contributed by atoms with E-state index in [0.717, 1.165) is 66.1 Å². The number of hydrogen-bond acceptors (Lipinski definition) is 5. The zero-order valence-electron chi connectivity index (χ0n) is 25.2. The van der Waals surface area contributed by atoms with Crippen molar-refractivity contribution in [3.63, 3.8) is 0 Å². The second-order valence-electron chi connectivity index (χ2n) is 11.0. The van der Waals surface area contributed by atoms with Crippen molar-refractivity contribution in [2.75, 3.05) is 18.9 Å². The molecule has 0 radical (unpaired) electrons. The van der Waals surface area contributed by atoms with E-state index >= 15 is 0 Å². The summed E-state index contributed by atoms with van der Waals surface area (Å²) in [6.45, 7) is 4.37. The highest BCUT2D eigenvalue weighted by molar-refractivity contribution is 7.39. The summed E-state index contributed by atoms with van der Waals surface area (Å²) in [5.74, 6) is 1.64. The van der Waals surface area contributed by atoms with Gasteiger partial charge in [0.2, 0.25) is 0 Å². The molecule has 0 N–H and O–H groups in total. The number of ether oxygens (including phenoxy) is 2. The van der Waals surface area contributed by atoms with Crippen LogP contribution in [0.25, 0.3) is 43.5 Å². The third kappa shape index (κ3) is 4.79. The normalized spacial score (nSPS) is 13.0. The van der Waals surface area contributed by atoms with Crippen molar-refractivity contribution >= 4 is 51.6 Å². The summed E-state index contributed by atoms with van der Waals surface area (Å²) in [5, 5.41) is 6.67. The second kappa shape index (κ2) is 11.8. The first kappa shape index (κ1) is 28.1. The van der Waals surface area contributed by atoms with Crippen LogP contribution in [0, 0.1) is 0 Å². The Labute approximate surface area is 257 Å². The Morgan fingerprint density at radius 2 is 0.932 bits per heavy atom. The zero-order valence-corrected chi connectivity index (χ0v) is 26.1. The number of benzene rings is 6. The number of methoxy groups -OCH3 is 2. The number of para-hydroxylation sites is 2. The van der Waals surface area contributed by atoms with Gasteiger partial charge in [0, 0.05) is 34.0 Å². The van der Waals surface area contributed by atoms with Gasteiger partial charge in [0.15, 0.2) is 0 Å². The minimum atomic E-state index is -1.68. The Balaban J connectivity index is 1.59. The van der Waals surface area contributed by atoms with Crippen LogP contribution in [0.5, 0.6) is 11.5 Å². The molecule has 7 rings (SSSR count). The number of fused-ring (bicyclic) bond motifs is 7. The Kier molecular flexibility index (Phi) is 7.51.